The van der Waals surface area contributed by atoms with E-state index in [1.54, 1.807) is 0 Å². The normalized spacial score (nSPS) is 10.3. The molecular weight excluding hydrogens is 279 g/mol. The first-order valence-corrected chi connectivity index (χ1v) is 8.07. The molecular formula is C12H27NaO5S. The second kappa shape index (κ2) is 18.8. The van der Waals surface area contributed by atoms with Gasteiger partial charge in [0.05, 0.1) is 0 Å². The maximum absolute atomic E-state index is 8.63. The Morgan fingerprint density at radius 2 is 1.11 bits per heavy atom. The Labute approximate surface area is 140 Å². The third kappa shape index (κ3) is 45.5. The topological polar surface area (TPSA) is 97.7 Å². The largest absolute Gasteiger partial charge is 1.00 e. The van der Waals surface area contributed by atoms with Crippen LogP contribution in [-0.4, -0.2) is 29.2 Å². The Kier molecular flexibility index (Phi) is 24.6. The van der Waals surface area contributed by atoms with E-state index in [-0.39, 0.29) is 29.6 Å². The zero-order valence-electron chi connectivity index (χ0n) is 12.3. The molecule has 0 aliphatic rings. The van der Waals surface area contributed by atoms with E-state index in [0.717, 1.165) is 6.42 Å². The Balaban J connectivity index is -0.000000366. The van der Waals surface area contributed by atoms with Gasteiger partial charge in [0.2, 0.25) is 10.4 Å². The van der Waals surface area contributed by atoms with Crippen molar-refractivity contribution in [2.24, 2.45) is 0 Å². The van der Waals surface area contributed by atoms with E-state index >= 15 is 0 Å². The summed E-state index contributed by atoms with van der Waals surface area (Å²) in [7, 11) is -4.92. The standard InChI is InChI=1S/C12H26O.Na.H2O4S/c1-2-3-4-5-6-7-8-9-10-11-12-13;;1-5(2,3)4/h13H,2-12H2,1H3;;(H2,1,2,3,4)/q;+1;/p-1. The van der Waals surface area contributed by atoms with Crippen LogP contribution < -0.4 is 29.6 Å². The Morgan fingerprint density at radius 1 is 0.842 bits per heavy atom. The van der Waals surface area contributed by atoms with Crippen molar-refractivity contribution < 1.29 is 52.2 Å². The van der Waals surface area contributed by atoms with Crippen LogP contribution in [0, 0.1) is 0 Å². The smallest absolute Gasteiger partial charge is 0.726 e. The van der Waals surface area contributed by atoms with E-state index in [4.69, 9.17) is 22.6 Å². The van der Waals surface area contributed by atoms with Crippen LogP contribution in [0.4, 0.5) is 0 Å². The van der Waals surface area contributed by atoms with Gasteiger partial charge < -0.3 is 9.66 Å². The summed E-state index contributed by atoms with van der Waals surface area (Å²) in [6.07, 6.45) is 13.3. The number of aliphatic hydroxyl groups excluding tert-OH is 1. The zero-order valence-corrected chi connectivity index (χ0v) is 15.1. The number of hydrogen-bond donors (Lipinski definition) is 2. The van der Waals surface area contributed by atoms with Crippen molar-refractivity contribution in [3.63, 3.8) is 0 Å². The molecule has 0 aromatic rings. The maximum Gasteiger partial charge on any atom is 1.00 e. The van der Waals surface area contributed by atoms with Gasteiger partial charge in [-0.3, -0.25) is 4.55 Å². The van der Waals surface area contributed by atoms with E-state index in [0.29, 0.717) is 6.61 Å². The minimum absolute atomic E-state index is 0. The molecule has 0 rings (SSSR count). The maximum atomic E-state index is 8.63. The number of aliphatic hydroxyl groups is 1. The first kappa shape index (κ1) is 24.8. The van der Waals surface area contributed by atoms with Crippen molar-refractivity contribution >= 4 is 10.4 Å². The summed E-state index contributed by atoms with van der Waals surface area (Å²) in [5, 5.41) is 8.57. The molecule has 0 aliphatic heterocycles. The fraction of sp³-hybridized carbons (Fsp3) is 1.00. The summed E-state index contributed by atoms with van der Waals surface area (Å²) in [4.78, 5) is 0. The van der Waals surface area contributed by atoms with Gasteiger partial charge in [0, 0.05) is 6.61 Å². The summed E-state index contributed by atoms with van der Waals surface area (Å²) < 4.78 is 32.8. The predicted molar refractivity (Wildman–Crippen MR) is 71.3 cm³/mol. The predicted octanol–water partition coefficient (Wildman–Crippen LogP) is -0.0918. The molecule has 112 valence electrons. The van der Waals surface area contributed by atoms with Gasteiger partial charge in [0.1, 0.15) is 0 Å². The average Bonchev–Trinajstić information content (AvgIpc) is 2.25. The number of rotatable bonds is 10. The fourth-order valence-corrected chi connectivity index (χ4v) is 1.60. The number of hydrogen-bond acceptors (Lipinski definition) is 4. The third-order valence-corrected chi connectivity index (χ3v) is 2.51. The molecule has 7 heteroatoms. The molecule has 5 nitrogen and oxygen atoms in total. The van der Waals surface area contributed by atoms with E-state index in [2.05, 4.69) is 6.92 Å². The monoisotopic (exact) mass is 306 g/mol. The van der Waals surface area contributed by atoms with Crippen LogP contribution in [-0.2, 0) is 10.4 Å². The SMILES string of the molecule is CCCCCCCCCCCCO.O=S(=O)([O-])O.[Na+]. The molecule has 2 N–H and O–H groups in total. The minimum atomic E-state index is -4.92. The quantitative estimate of drug-likeness (QED) is 0.254. The molecule has 0 radical (unpaired) electrons. The van der Waals surface area contributed by atoms with Crippen LogP contribution in [0.1, 0.15) is 71.1 Å². The van der Waals surface area contributed by atoms with Crippen LogP contribution in [0.15, 0.2) is 0 Å². The van der Waals surface area contributed by atoms with Crippen LogP contribution in [0.25, 0.3) is 0 Å². The second-order valence-corrected chi connectivity index (χ2v) is 5.19. The number of unbranched alkanes of at least 4 members (excludes halogenated alkanes) is 9. The van der Waals surface area contributed by atoms with Gasteiger partial charge in [-0.15, -0.1) is 0 Å². The second-order valence-electron chi connectivity index (χ2n) is 4.33. The van der Waals surface area contributed by atoms with Gasteiger partial charge in [-0.2, -0.15) is 0 Å². The van der Waals surface area contributed by atoms with Crippen molar-refractivity contribution in [2.45, 2.75) is 71.1 Å². The summed E-state index contributed by atoms with van der Waals surface area (Å²) in [6, 6.07) is 0. The molecule has 0 saturated carbocycles. The van der Waals surface area contributed by atoms with Gasteiger partial charge in [-0.05, 0) is 6.42 Å². The van der Waals surface area contributed by atoms with E-state index in [1.807, 2.05) is 0 Å². The van der Waals surface area contributed by atoms with Crippen LogP contribution in [0.2, 0.25) is 0 Å². The van der Waals surface area contributed by atoms with Gasteiger partial charge in [0.25, 0.3) is 0 Å². The zero-order chi connectivity index (χ0) is 14.3. The molecule has 0 fully saturated rings. The molecule has 0 bridgehead atoms. The average molecular weight is 306 g/mol. The van der Waals surface area contributed by atoms with Crippen LogP contribution in [0.3, 0.4) is 0 Å². The van der Waals surface area contributed by atoms with E-state index in [1.165, 1.54) is 57.8 Å². The first-order valence-electron chi connectivity index (χ1n) is 6.71. The Hall–Kier alpha value is 0.830. The molecule has 0 atom stereocenters. The molecule has 0 unspecified atom stereocenters. The summed E-state index contributed by atoms with van der Waals surface area (Å²) >= 11 is 0. The molecule has 0 spiro atoms. The summed E-state index contributed by atoms with van der Waals surface area (Å²) in [6.45, 7) is 2.63. The van der Waals surface area contributed by atoms with Gasteiger partial charge in [-0.25, -0.2) is 8.42 Å². The Bertz CT molecular complexity index is 227. The molecule has 0 saturated heterocycles. The van der Waals surface area contributed by atoms with Crippen molar-refractivity contribution in [3.05, 3.63) is 0 Å². The summed E-state index contributed by atoms with van der Waals surface area (Å²) in [5.41, 5.74) is 0. The Morgan fingerprint density at radius 3 is 1.37 bits per heavy atom. The van der Waals surface area contributed by atoms with Gasteiger partial charge in [0.15, 0.2) is 0 Å². The van der Waals surface area contributed by atoms with Crippen LogP contribution in [0.5, 0.6) is 0 Å². The van der Waals surface area contributed by atoms with Crippen molar-refractivity contribution in [1.29, 1.82) is 0 Å². The molecule has 0 amide bonds. The first-order chi connectivity index (χ1) is 8.41. The minimum Gasteiger partial charge on any atom is -0.726 e. The molecule has 0 heterocycles. The van der Waals surface area contributed by atoms with Crippen molar-refractivity contribution in [1.82, 2.24) is 0 Å². The van der Waals surface area contributed by atoms with Crippen LogP contribution >= 0.6 is 0 Å². The van der Waals surface area contributed by atoms with Gasteiger partial charge >= 0.3 is 29.6 Å². The molecule has 0 aliphatic carbocycles. The van der Waals surface area contributed by atoms with E-state index < -0.39 is 10.4 Å². The van der Waals surface area contributed by atoms with E-state index in [9.17, 15) is 0 Å². The summed E-state index contributed by atoms with van der Waals surface area (Å²) in [5.74, 6) is 0. The molecule has 0 aromatic carbocycles. The van der Waals surface area contributed by atoms with Gasteiger partial charge in [-0.1, -0.05) is 64.7 Å². The third-order valence-electron chi connectivity index (χ3n) is 2.51. The fourth-order valence-electron chi connectivity index (χ4n) is 1.60. The molecule has 0 aromatic heterocycles. The molecule has 19 heavy (non-hydrogen) atoms. The van der Waals surface area contributed by atoms with Crippen molar-refractivity contribution in [2.75, 3.05) is 6.61 Å². The van der Waals surface area contributed by atoms with Crippen molar-refractivity contribution in [3.8, 4) is 0 Å².